The fraction of sp³-hybridized carbons (Fsp3) is 0.158. The minimum Gasteiger partial charge on any atom is -0.461 e. The number of nitrogens with zero attached hydrogens (tertiary/aromatic N) is 2. The SMILES string of the molecule is Cc1ccc(COC(=O)Cc2cnn(-c3ccccc3)c2)cc1. The Bertz CT molecular complexity index is 777. The van der Waals surface area contributed by atoms with Gasteiger partial charge in [-0.15, -0.1) is 0 Å². The minimum absolute atomic E-state index is 0.221. The van der Waals surface area contributed by atoms with Crippen LogP contribution in [0.4, 0.5) is 0 Å². The van der Waals surface area contributed by atoms with E-state index >= 15 is 0 Å². The second-order valence-electron chi connectivity index (χ2n) is 5.45. The van der Waals surface area contributed by atoms with E-state index in [4.69, 9.17) is 4.74 Å². The Morgan fingerprint density at radius 1 is 1.04 bits per heavy atom. The molecule has 0 aliphatic rings. The van der Waals surface area contributed by atoms with Gasteiger partial charge in [0.25, 0.3) is 0 Å². The summed E-state index contributed by atoms with van der Waals surface area (Å²) >= 11 is 0. The highest BCUT2D eigenvalue weighted by molar-refractivity contribution is 5.72. The minimum atomic E-state index is -0.252. The smallest absolute Gasteiger partial charge is 0.310 e. The Morgan fingerprint density at radius 3 is 2.52 bits per heavy atom. The Kier molecular flexibility index (Phi) is 4.52. The van der Waals surface area contributed by atoms with Crippen LogP contribution >= 0.6 is 0 Å². The molecule has 0 bridgehead atoms. The maximum Gasteiger partial charge on any atom is 0.310 e. The van der Waals surface area contributed by atoms with Gasteiger partial charge in [0, 0.05) is 11.8 Å². The van der Waals surface area contributed by atoms with Crippen LogP contribution in [0.2, 0.25) is 0 Å². The molecule has 4 nitrogen and oxygen atoms in total. The molecule has 0 saturated carbocycles. The highest BCUT2D eigenvalue weighted by atomic mass is 16.5. The van der Waals surface area contributed by atoms with E-state index in [0.717, 1.165) is 16.8 Å². The first-order valence-electron chi connectivity index (χ1n) is 7.51. The van der Waals surface area contributed by atoms with Crippen molar-refractivity contribution in [2.45, 2.75) is 20.0 Å². The van der Waals surface area contributed by atoms with Crippen LogP contribution < -0.4 is 0 Å². The predicted octanol–water partition coefficient (Wildman–Crippen LogP) is 3.47. The van der Waals surface area contributed by atoms with Crippen LogP contribution in [0.25, 0.3) is 5.69 Å². The van der Waals surface area contributed by atoms with Gasteiger partial charge in [-0.25, -0.2) is 4.68 Å². The molecule has 0 amide bonds. The summed E-state index contributed by atoms with van der Waals surface area (Å²) in [6.07, 6.45) is 3.77. The first-order chi connectivity index (χ1) is 11.2. The van der Waals surface area contributed by atoms with Gasteiger partial charge >= 0.3 is 5.97 Å². The van der Waals surface area contributed by atoms with Crippen molar-refractivity contribution in [1.82, 2.24) is 9.78 Å². The summed E-state index contributed by atoms with van der Waals surface area (Å²) in [5, 5.41) is 4.28. The van der Waals surface area contributed by atoms with E-state index in [9.17, 15) is 4.79 Å². The van der Waals surface area contributed by atoms with E-state index in [1.807, 2.05) is 67.7 Å². The fourth-order valence-electron chi connectivity index (χ4n) is 2.24. The maximum absolute atomic E-state index is 11.9. The lowest BCUT2D eigenvalue weighted by Crippen LogP contribution is -2.07. The first kappa shape index (κ1) is 15.0. The molecular formula is C19H18N2O2. The third-order valence-corrected chi connectivity index (χ3v) is 3.53. The number of esters is 1. The Morgan fingerprint density at radius 2 is 1.78 bits per heavy atom. The molecule has 0 spiro atoms. The molecule has 0 radical (unpaired) electrons. The van der Waals surface area contributed by atoms with E-state index in [2.05, 4.69) is 5.10 Å². The predicted molar refractivity (Wildman–Crippen MR) is 88.2 cm³/mol. The number of hydrogen-bond donors (Lipinski definition) is 0. The average Bonchev–Trinajstić information content (AvgIpc) is 3.04. The van der Waals surface area contributed by atoms with Crippen molar-refractivity contribution in [2.24, 2.45) is 0 Å². The summed E-state index contributed by atoms with van der Waals surface area (Å²) < 4.78 is 7.06. The summed E-state index contributed by atoms with van der Waals surface area (Å²) in [6, 6.07) is 17.7. The summed E-state index contributed by atoms with van der Waals surface area (Å²) in [5.41, 5.74) is 3.98. The second kappa shape index (κ2) is 6.92. The molecule has 0 aliphatic carbocycles. The normalized spacial score (nSPS) is 10.5. The first-order valence-corrected chi connectivity index (χ1v) is 7.51. The maximum atomic E-state index is 11.9. The molecule has 4 heteroatoms. The lowest BCUT2D eigenvalue weighted by molar-refractivity contribution is -0.144. The van der Waals surface area contributed by atoms with Crippen LogP contribution in [0.1, 0.15) is 16.7 Å². The van der Waals surface area contributed by atoms with Crippen LogP contribution in [0.5, 0.6) is 0 Å². The molecule has 3 rings (SSSR count). The van der Waals surface area contributed by atoms with Crippen molar-refractivity contribution < 1.29 is 9.53 Å². The number of para-hydroxylation sites is 1. The molecule has 2 aromatic carbocycles. The van der Waals surface area contributed by atoms with E-state index in [0.29, 0.717) is 6.61 Å². The molecule has 0 N–H and O–H groups in total. The van der Waals surface area contributed by atoms with Gasteiger partial charge in [-0.3, -0.25) is 4.79 Å². The highest BCUT2D eigenvalue weighted by Gasteiger charge is 2.08. The number of carbonyl (C=O) groups excluding carboxylic acids is 1. The lowest BCUT2D eigenvalue weighted by atomic mass is 10.2. The molecule has 23 heavy (non-hydrogen) atoms. The van der Waals surface area contributed by atoms with Crippen molar-refractivity contribution in [1.29, 1.82) is 0 Å². The molecule has 0 atom stereocenters. The summed E-state index contributed by atoms with van der Waals surface area (Å²) in [6.45, 7) is 2.33. The number of ether oxygens (including phenoxy) is 1. The number of benzene rings is 2. The fourth-order valence-corrected chi connectivity index (χ4v) is 2.24. The van der Waals surface area contributed by atoms with Gasteiger partial charge in [-0.1, -0.05) is 48.0 Å². The Labute approximate surface area is 135 Å². The number of carbonyl (C=O) groups is 1. The van der Waals surface area contributed by atoms with Gasteiger partial charge in [0.05, 0.1) is 18.3 Å². The molecule has 0 unspecified atom stereocenters. The van der Waals surface area contributed by atoms with Gasteiger partial charge in [-0.05, 0) is 24.6 Å². The monoisotopic (exact) mass is 306 g/mol. The lowest BCUT2D eigenvalue weighted by Gasteiger charge is -2.04. The van der Waals surface area contributed by atoms with E-state index in [1.165, 1.54) is 5.56 Å². The van der Waals surface area contributed by atoms with E-state index in [-0.39, 0.29) is 12.4 Å². The van der Waals surface area contributed by atoms with Crippen molar-refractivity contribution >= 4 is 5.97 Å². The number of rotatable bonds is 5. The molecule has 0 fully saturated rings. The van der Waals surface area contributed by atoms with Crippen LogP contribution in [0.15, 0.2) is 67.0 Å². The van der Waals surface area contributed by atoms with Crippen LogP contribution in [-0.4, -0.2) is 15.7 Å². The topological polar surface area (TPSA) is 44.1 Å². The highest BCUT2D eigenvalue weighted by Crippen LogP contribution is 2.09. The molecule has 116 valence electrons. The molecule has 0 aliphatic heterocycles. The van der Waals surface area contributed by atoms with Gasteiger partial charge in [0.2, 0.25) is 0 Å². The number of aromatic nitrogens is 2. The summed E-state index contributed by atoms with van der Waals surface area (Å²) in [5.74, 6) is -0.252. The Hall–Kier alpha value is -2.88. The standard InChI is InChI=1S/C19H18N2O2/c1-15-7-9-16(10-8-15)14-23-19(22)11-17-12-20-21(13-17)18-5-3-2-4-6-18/h2-10,12-13H,11,14H2,1H3. The molecule has 0 saturated heterocycles. The molecular weight excluding hydrogens is 288 g/mol. The van der Waals surface area contributed by atoms with Gasteiger partial charge in [-0.2, -0.15) is 5.10 Å². The van der Waals surface area contributed by atoms with Gasteiger partial charge in [0.15, 0.2) is 0 Å². The van der Waals surface area contributed by atoms with E-state index < -0.39 is 0 Å². The quantitative estimate of drug-likeness (QED) is 0.678. The Balaban J connectivity index is 1.56. The average molecular weight is 306 g/mol. The van der Waals surface area contributed by atoms with Crippen molar-refractivity contribution in [3.05, 3.63) is 83.7 Å². The number of hydrogen-bond acceptors (Lipinski definition) is 3. The molecule has 3 aromatic rings. The van der Waals surface area contributed by atoms with Gasteiger partial charge < -0.3 is 4.74 Å². The van der Waals surface area contributed by atoms with Crippen molar-refractivity contribution in [3.63, 3.8) is 0 Å². The zero-order valence-electron chi connectivity index (χ0n) is 13.0. The summed E-state index contributed by atoms with van der Waals surface area (Å²) in [7, 11) is 0. The number of aryl methyl sites for hydroxylation is 1. The third kappa shape index (κ3) is 4.07. The second-order valence-corrected chi connectivity index (χ2v) is 5.45. The zero-order valence-corrected chi connectivity index (χ0v) is 13.0. The third-order valence-electron chi connectivity index (χ3n) is 3.53. The van der Waals surface area contributed by atoms with Gasteiger partial charge in [0.1, 0.15) is 6.61 Å². The van der Waals surface area contributed by atoms with Crippen LogP contribution in [0.3, 0.4) is 0 Å². The van der Waals surface area contributed by atoms with E-state index in [1.54, 1.807) is 10.9 Å². The van der Waals surface area contributed by atoms with Crippen LogP contribution in [-0.2, 0) is 22.6 Å². The largest absolute Gasteiger partial charge is 0.461 e. The van der Waals surface area contributed by atoms with Crippen molar-refractivity contribution in [2.75, 3.05) is 0 Å². The molecule has 1 aromatic heterocycles. The van der Waals surface area contributed by atoms with Crippen LogP contribution in [0, 0.1) is 6.92 Å². The zero-order chi connectivity index (χ0) is 16.1. The van der Waals surface area contributed by atoms with Crippen molar-refractivity contribution in [3.8, 4) is 5.69 Å². The summed E-state index contributed by atoms with van der Waals surface area (Å²) in [4.78, 5) is 11.9. The molecule has 1 heterocycles.